The SMILES string of the molecule is Cc1ccncc1OCC(C)(C)CO. The van der Waals surface area contributed by atoms with Gasteiger partial charge in [-0.3, -0.25) is 4.98 Å². The summed E-state index contributed by atoms with van der Waals surface area (Å²) in [6.45, 7) is 6.50. The minimum absolute atomic E-state index is 0.117. The Hall–Kier alpha value is -1.09. The van der Waals surface area contributed by atoms with E-state index >= 15 is 0 Å². The monoisotopic (exact) mass is 195 g/mol. The van der Waals surface area contributed by atoms with E-state index in [1.165, 1.54) is 0 Å². The smallest absolute Gasteiger partial charge is 0.140 e. The van der Waals surface area contributed by atoms with Crippen LogP contribution >= 0.6 is 0 Å². The lowest BCUT2D eigenvalue weighted by Gasteiger charge is -2.22. The van der Waals surface area contributed by atoms with Gasteiger partial charge in [0, 0.05) is 11.6 Å². The molecular formula is C11H17NO2. The first-order valence-corrected chi connectivity index (χ1v) is 4.69. The van der Waals surface area contributed by atoms with Gasteiger partial charge >= 0.3 is 0 Å². The Morgan fingerprint density at radius 1 is 1.50 bits per heavy atom. The van der Waals surface area contributed by atoms with Gasteiger partial charge in [0.25, 0.3) is 0 Å². The Kier molecular flexibility index (Phi) is 3.47. The van der Waals surface area contributed by atoms with Gasteiger partial charge < -0.3 is 9.84 Å². The molecule has 0 saturated heterocycles. The molecule has 0 aliphatic heterocycles. The topological polar surface area (TPSA) is 42.4 Å². The van der Waals surface area contributed by atoms with E-state index in [0.29, 0.717) is 6.61 Å². The molecule has 1 heterocycles. The standard InChI is InChI=1S/C11H17NO2/c1-9-4-5-12-6-10(9)14-8-11(2,3)7-13/h4-6,13H,7-8H2,1-3H3. The number of aliphatic hydroxyl groups excluding tert-OH is 1. The summed E-state index contributed by atoms with van der Waals surface area (Å²) >= 11 is 0. The summed E-state index contributed by atoms with van der Waals surface area (Å²) in [7, 11) is 0. The zero-order valence-corrected chi connectivity index (χ0v) is 8.95. The molecule has 0 fully saturated rings. The number of hydrogen-bond acceptors (Lipinski definition) is 3. The summed E-state index contributed by atoms with van der Waals surface area (Å²) in [4.78, 5) is 3.98. The highest BCUT2D eigenvalue weighted by atomic mass is 16.5. The third-order valence-corrected chi connectivity index (χ3v) is 2.04. The van der Waals surface area contributed by atoms with Crippen molar-refractivity contribution in [3.8, 4) is 5.75 Å². The van der Waals surface area contributed by atoms with Crippen LogP contribution in [-0.2, 0) is 0 Å². The van der Waals surface area contributed by atoms with E-state index in [-0.39, 0.29) is 12.0 Å². The maximum Gasteiger partial charge on any atom is 0.140 e. The van der Waals surface area contributed by atoms with Crippen LogP contribution < -0.4 is 4.74 Å². The predicted octanol–water partition coefficient (Wildman–Crippen LogP) is 1.79. The largest absolute Gasteiger partial charge is 0.491 e. The van der Waals surface area contributed by atoms with Crippen molar-refractivity contribution in [2.75, 3.05) is 13.2 Å². The molecule has 0 atom stereocenters. The van der Waals surface area contributed by atoms with Crippen LogP contribution in [0, 0.1) is 12.3 Å². The molecule has 78 valence electrons. The lowest BCUT2D eigenvalue weighted by molar-refractivity contribution is 0.0970. The van der Waals surface area contributed by atoms with Crippen LogP contribution in [0.5, 0.6) is 5.75 Å². The summed E-state index contributed by atoms with van der Waals surface area (Å²) in [6, 6.07) is 1.90. The molecular weight excluding hydrogens is 178 g/mol. The van der Waals surface area contributed by atoms with Crippen LogP contribution in [0.15, 0.2) is 18.5 Å². The van der Waals surface area contributed by atoms with E-state index in [4.69, 9.17) is 9.84 Å². The number of nitrogens with zero attached hydrogens (tertiary/aromatic N) is 1. The molecule has 0 aliphatic rings. The maximum atomic E-state index is 9.05. The lowest BCUT2D eigenvalue weighted by Crippen LogP contribution is -2.25. The maximum absolute atomic E-state index is 9.05. The van der Waals surface area contributed by atoms with Crippen molar-refractivity contribution in [2.45, 2.75) is 20.8 Å². The van der Waals surface area contributed by atoms with Crippen LogP contribution in [-0.4, -0.2) is 23.3 Å². The number of pyridine rings is 1. The van der Waals surface area contributed by atoms with Crippen molar-refractivity contribution in [3.63, 3.8) is 0 Å². The summed E-state index contributed by atoms with van der Waals surface area (Å²) in [5, 5.41) is 9.05. The molecule has 0 unspecified atom stereocenters. The molecule has 0 saturated carbocycles. The molecule has 3 nitrogen and oxygen atoms in total. The summed E-state index contributed by atoms with van der Waals surface area (Å²) in [6.07, 6.45) is 3.43. The highest BCUT2D eigenvalue weighted by Gasteiger charge is 2.17. The highest BCUT2D eigenvalue weighted by Crippen LogP contribution is 2.19. The highest BCUT2D eigenvalue weighted by molar-refractivity contribution is 5.27. The fourth-order valence-corrected chi connectivity index (χ4v) is 0.919. The van der Waals surface area contributed by atoms with Gasteiger partial charge in [0.1, 0.15) is 5.75 Å². The molecule has 0 bridgehead atoms. The summed E-state index contributed by atoms with van der Waals surface area (Å²) < 4.78 is 5.57. The van der Waals surface area contributed by atoms with Gasteiger partial charge in [-0.2, -0.15) is 0 Å². The van der Waals surface area contributed by atoms with Crippen molar-refractivity contribution in [1.29, 1.82) is 0 Å². The van der Waals surface area contributed by atoms with Gasteiger partial charge in [-0.1, -0.05) is 13.8 Å². The van der Waals surface area contributed by atoms with Gasteiger partial charge in [0.2, 0.25) is 0 Å². The van der Waals surface area contributed by atoms with Crippen LogP contribution in [0.4, 0.5) is 0 Å². The van der Waals surface area contributed by atoms with E-state index in [9.17, 15) is 0 Å². The van der Waals surface area contributed by atoms with Crippen molar-refractivity contribution in [1.82, 2.24) is 4.98 Å². The second-order valence-electron chi connectivity index (χ2n) is 4.25. The molecule has 3 heteroatoms. The molecule has 1 rings (SSSR count). The van der Waals surface area contributed by atoms with Gasteiger partial charge in [-0.15, -0.1) is 0 Å². The minimum Gasteiger partial charge on any atom is -0.491 e. The first-order valence-electron chi connectivity index (χ1n) is 4.69. The summed E-state index contributed by atoms with van der Waals surface area (Å²) in [5.41, 5.74) is 0.858. The molecule has 1 aromatic heterocycles. The van der Waals surface area contributed by atoms with Gasteiger partial charge in [0.05, 0.1) is 19.4 Å². The third kappa shape index (κ3) is 3.00. The minimum atomic E-state index is -0.206. The van der Waals surface area contributed by atoms with Crippen LogP contribution in [0.25, 0.3) is 0 Å². The summed E-state index contributed by atoms with van der Waals surface area (Å²) in [5.74, 6) is 0.786. The molecule has 0 spiro atoms. The quantitative estimate of drug-likeness (QED) is 0.796. The predicted molar refractivity (Wildman–Crippen MR) is 55.3 cm³/mol. The lowest BCUT2D eigenvalue weighted by atomic mass is 9.96. The second kappa shape index (κ2) is 4.42. The van der Waals surface area contributed by atoms with Crippen LogP contribution in [0.2, 0.25) is 0 Å². The third-order valence-electron chi connectivity index (χ3n) is 2.04. The van der Waals surface area contributed by atoms with Crippen molar-refractivity contribution in [2.24, 2.45) is 5.41 Å². The number of aromatic nitrogens is 1. The zero-order chi connectivity index (χ0) is 10.6. The number of rotatable bonds is 4. The normalized spacial score (nSPS) is 11.4. The molecule has 0 aliphatic carbocycles. The van der Waals surface area contributed by atoms with E-state index in [1.807, 2.05) is 26.8 Å². The Labute approximate surface area is 84.7 Å². The zero-order valence-electron chi connectivity index (χ0n) is 8.95. The Balaban J connectivity index is 2.58. The average Bonchev–Trinajstić information content (AvgIpc) is 2.17. The van der Waals surface area contributed by atoms with Crippen LogP contribution in [0.3, 0.4) is 0 Å². The Morgan fingerprint density at radius 3 is 2.79 bits per heavy atom. The van der Waals surface area contributed by atoms with Gasteiger partial charge in [0.15, 0.2) is 0 Å². The average molecular weight is 195 g/mol. The van der Waals surface area contributed by atoms with E-state index in [0.717, 1.165) is 11.3 Å². The number of ether oxygens (including phenoxy) is 1. The van der Waals surface area contributed by atoms with Gasteiger partial charge in [-0.05, 0) is 18.6 Å². The number of hydrogen-bond donors (Lipinski definition) is 1. The molecule has 14 heavy (non-hydrogen) atoms. The fraction of sp³-hybridized carbons (Fsp3) is 0.545. The van der Waals surface area contributed by atoms with Crippen LogP contribution in [0.1, 0.15) is 19.4 Å². The first kappa shape index (κ1) is 11.0. The molecule has 0 radical (unpaired) electrons. The van der Waals surface area contributed by atoms with E-state index < -0.39 is 0 Å². The fourth-order valence-electron chi connectivity index (χ4n) is 0.919. The molecule has 1 N–H and O–H groups in total. The van der Waals surface area contributed by atoms with E-state index in [2.05, 4.69) is 4.98 Å². The number of aryl methyl sites for hydroxylation is 1. The Morgan fingerprint density at radius 2 is 2.21 bits per heavy atom. The molecule has 1 aromatic rings. The Bertz CT molecular complexity index is 297. The number of aliphatic hydroxyl groups is 1. The van der Waals surface area contributed by atoms with Crippen molar-refractivity contribution >= 4 is 0 Å². The van der Waals surface area contributed by atoms with Gasteiger partial charge in [-0.25, -0.2) is 0 Å². The second-order valence-corrected chi connectivity index (χ2v) is 4.25. The van der Waals surface area contributed by atoms with Crippen molar-refractivity contribution in [3.05, 3.63) is 24.0 Å². The first-order chi connectivity index (χ1) is 6.55. The van der Waals surface area contributed by atoms with Crippen molar-refractivity contribution < 1.29 is 9.84 Å². The van der Waals surface area contributed by atoms with E-state index in [1.54, 1.807) is 12.4 Å². The molecule has 0 aromatic carbocycles. The molecule has 0 amide bonds.